The fourth-order valence-corrected chi connectivity index (χ4v) is 2.17. The van der Waals surface area contributed by atoms with Crippen LogP contribution >= 0.6 is 11.6 Å². The number of halogens is 1. The SMILES string of the molecule is COc1cc(-c2ccc(CNC3CC3)o2)ccc1Cl. The normalized spacial score (nSPS) is 14.6. The molecule has 1 saturated carbocycles. The van der Waals surface area contributed by atoms with Crippen molar-refractivity contribution in [2.24, 2.45) is 0 Å². The lowest BCUT2D eigenvalue weighted by molar-refractivity contribution is 0.415. The van der Waals surface area contributed by atoms with Gasteiger partial charge in [-0.25, -0.2) is 0 Å². The average molecular weight is 278 g/mol. The molecule has 2 aromatic rings. The third-order valence-corrected chi connectivity index (χ3v) is 3.55. The Kier molecular flexibility index (Phi) is 3.49. The first-order chi connectivity index (χ1) is 9.26. The Hall–Kier alpha value is -1.45. The second kappa shape index (κ2) is 5.27. The molecule has 1 heterocycles. The maximum Gasteiger partial charge on any atom is 0.138 e. The maximum atomic E-state index is 6.01. The lowest BCUT2D eigenvalue weighted by Gasteiger charge is -2.04. The molecule has 0 bridgehead atoms. The first-order valence-corrected chi connectivity index (χ1v) is 6.80. The zero-order valence-corrected chi connectivity index (χ0v) is 11.5. The summed E-state index contributed by atoms with van der Waals surface area (Å²) in [5.41, 5.74) is 0.971. The van der Waals surface area contributed by atoms with E-state index in [4.69, 9.17) is 20.8 Å². The summed E-state index contributed by atoms with van der Waals surface area (Å²) < 4.78 is 11.0. The number of rotatable bonds is 5. The van der Waals surface area contributed by atoms with Crippen LogP contribution in [0.2, 0.25) is 5.02 Å². The van der Waals surface area contributed by atoms with E-state index in [-0.39, 0.29) is 0 Å². The third kappa shape index (κ3) is 2.94. The van der Waals surface area contributed by atoms with Crippen LogP contribution < -0.4 is 10.1 Å². The van der Waals surface area contributed by atoms with Crippen molar-refractivity contribution in [3.8, 4) is 17.1 Å². The summed E-state index contributed by atoms with van der Waals surface area (Å²) >= 11 is 6.01. The quantitative estimate of drug-likeness (QED) is 0.901. The van der Waals surface area contributed by atoms with Crippen LogP contribution in [0.4, 0.5) is 0 Å². The Morgan fingerprint density at radius 1 is 1.32 bits per heavy atom. The molecule has 100 valence electrons. The van der Waals surface area contributed by atoms with Gasteiger partial charge in [0.15, 0.2) is 0 Å². The van der Waals surface area contributed by atoms with E-state index < -0.39 is 0 Å². The molecular formula is C15H16ClNO2. The Labute approximate surface area is 117 Å². The number of hydrogen-bond acceptors (Lipinski definition) is 3. The van der Waals surface area contributed by atoms with Gasteiger partial charge in [0.1, 0.15) is 17.3 Å². The minimum Gasteiger partial charge on any atom is -0.495 e. The van der Waals surface area contributed by atoms with Gasteiger partial charge in [-0.15, -0.1) is 0 Å². The van der Waals surface area contributed by atoms with Crippen LogP contribution in [0.25, 0.3) is 11.3 Å². The zero-order chi connectivity index (χ0) is 13.2. The zero-order valence-electron chi connectivity index (χ0n) is 10.8. The van der Waals surface area contributed by atoms with Gasteiger partial charge in [-0.3, -0.25) is 0 Å². The Balaban J connectivity index is 1.77. The topological polar surface area (TPSA) is 34.4 Å². The summed E-state index contributed by atoms with van der Waals surface area (Å²) in [6, 6.07) is 10.3. The smallest absolute Gasteiger partial charge is 0.138 e. The van der Waals surface area contributed by atoms with Crippen molar-refractivity contribution in [3.05, 3.63) is 41.1 Å². The Bertz CT molecular complexity index is 575. The minimum absolute atomic E-state index is 0.605. The van der Waals surface area contributed by atoms with Crippen LogP contribution in [0.1, 0.15) is 18.6 Å². The Morgan fingerprint density at radius 3 is 2.89 bits per heavy atom. The lowest BCUT2D eigenvalue weighted by atomic mass is 10.1. The second-order valence-corrected chi connectivity index (χ2v) is 5.18. The summed E-state index contributed by atoms with van der Waals surface area (Å²) in [5.74, 6) is 2.45. The van der Waals surface area contributed by atoms with Crippen molar-refractivity contribution in [2.75, 3.05) is 7.11 Å². The monoisotopic (exact) mass is 277 g/mol. The molecule has 1 aromatic carbocycles. The second-order valence-electron chi connectivity index (χ2n) is 4.77. The van der Waals surface area contributed by atoms with Gasteiger partial charge in [-0.2, -0.15) is 0 Å². The molecular weight excluding hydrogens is 262 g/mol. The molecule has 3 nitrogen and oxygen atoms in total. The standard InChI is InChI=1S/C15H16ClNO2/c1-18-15-8-10(2-6-13(15)16)14-7-5-12(19-14)9-17-11-3-4-11/h2,5-8,11,17H,3-4,9H2,1H3. The predicted octanol–water partition coefficient (Wildman–Crippen LogP) is 3.86. The highest BCUT2D eigenvalue weighted by Gasteiger charge is 2.20. The van der Waals surface area contributed by atoms with Gasteiger partial charge < -0.3 is 14.5 Å². The van der Waals surface area contributed by atoms with E-state index in [1.165, 1.54) is 12.8 Å². The van der Waals surface area contributed by atoms with Gasteiger partial charge in [-0.1, -0.05) is 11.6 Å². The van der Waals surface area contributed by atoms with E-state index in [1.54, 1.807) is 7.11 Å². The highest BCUT2D eigenvalue weighted by atomic mass is 35.5. The summed E-state index contributed by atoms with van der Waals surface area (Å²) in [7, 11) is 1.61. The van der Waals surface area contributed by atoms with Crippen LogP contribution in [0.15, 0.2) is 34.7 Å². The molecule has 1 fully saturated rings. The van der Waals surface area contributed by atoms with Crippen molar-refractivity contribution in [2.45, 2.75) is 25.4 Å². The number of nitrogens with one attached hydrogen (secondary N) is 1. The molecule has 0 unspecified atom stereocenters. The highest BCUT2D eigenvalue weighted by molar-refractivity contribution is 6.32. The summed E-state index contributed by atoms with van der Waals surface area (Å²) in [6.07, 6.45) is 2.56. The molecule has 0 spiro atoms. The van der Waals surface area contributed by atoms with E-state index in [0.29, 0.717) is 16.8 Å². The molecule has 3 rings (SSSR count). The van der Waals surface area contributed by atoms with E-state index in [2.05, 4.69) is 5.32 Å². The van der Waals surface area contributed by atoms with Gasteiger partial charge in [0.2, 0.25) is 0 Å². The van der Waals surface area contributed by atoms with Crippen molar-refractivity contribution >= 4 is 11.6 Å². The first-order valence-electron chi connectivity index (χ1n) is 6.42. The Morgan fingerprint density at radius 2 is 2.16 bits per heavy atom. The minimum atomic E-state index is 0.605. The molecule has 1 aromatic heterocycles. The van der Waals surface area contributed by atoms with Gasteiger partial charge in [0.25, 0.3) is 0 Å². The van der Waals surface area contributed by atoms with Gasteiger partial charge >= 0.3 is 0 Å². The third-order valence-electron chi connectivity index (χ3n) is 3.24. The van der Waals surface area contributed by atoms with Gasteiger partial charge in [0.05, 0.1) is 18.7 Å². The number of hydrogen-bond donors (Lipinski definition) is 1. The first kappa shape index (κ1) is 12.6. The molecule has 0 saturated heterocycles. The predicted molar refractivity (Wildman–Crippen MR) is 75.6 cm³/mol. The molecule has 0 radical (unpaired) electrons. The highest BCUT2D eigenvalue weighted by Crippen LogP contribution is 2.31. The molecule has 1 aliphatic carbocycles. The van der Waals surface area contributed by atoms with Crippen LogP contribution in [0, 0.1) is 0 Å². The fraction of sp³-hybridized carbons (Fsp3) is 0.333. The molecule has 1 N–H and O–H groups in total. The number of benzene rings is 1. The molecule has 0 atom stereocenters. The number of ether oxygens (including phenoxy) is 1. The summed E-state index contributed by atoms with van der Waals surface area (Å²) in [6.45, 7) is 0.787. The van der Waals surface area contributed by atoms with E-state index >= 15 is 0 Å². The van der Waals surface area contributed by atoms with Crippen LogP contribution in [0.3, 0.4) is 0 Å². The maximum absolute atomic E-state index is 6.01. The van der Waals surface area contributed by atoms with E-state index in [1.807, 2.05) is 30.3 Å². The number of furan rings is 1. The summed E-state index contributed by atoms with van der Waals surface area (Å²) in [5, 5.41) is 4.03. The van der Waals surface area contributed by atoms with Crippen LogP contribution in [-0.4, -0.2) is 13.2 Å². The lowest BCUT2D eigenvalue weighted by Crippen LogP contribution is -2.14. The molecule has 0 aliphatic heterocycles. The molecule has 4 heteroatoms. The fourth-order valence-electron chi connectivity index (χ4n) is 1.97. The molecule has 0 amide bonds. The largest absolute Gasteiger partial charge is 0.495 e. The average Bonchev–Trinajstić information content (AvgIpc) is 3.14. The number of methoxy groups -OCH3 is 1. The van der Waals surface area contributed by atoms with Crippen LogP contribution in [-0.2, 0) is 6.54 Å². The van der Waals surface area contributed by atoms with E-state index in [0.717, 1.165) is 23.6 Å². The van der Waals surface area contributed by atoms with Crippen molar-refractivity contribution in [1.82, 2.24) is 5.32 Å². The van der Waals surface area contributed by atoms with Crippen LogP contribution in [0.5, 0.6) is 5.75 Å². The van der Waals surface area contributed by atoms with Crippen molar-refractivity contribution in [3.63, 3.8) is 0 Å². The summed E-state index contributed by atoms with van der Waals surface area (Å²) in [4.78, 5) is 0. The van der Waals surface area contributed by atoms with Gasteiger partial charge in [-0.05, 0) is 43.2 Å². The van der Waals surface area contributed by atoms with Crippen molar-refractivity contribution in [1.29, 1.82) is 0 Å². The van der Waals surface area contributed by atoms with Gasteiger partial charge in [0, 0.05) is 11.6 Å². The van der Waals surface area contributed by atoms with Crippen molar-refractivity contribution < 1.29 is 9.15 Å². The van der Waals surface area contributed by atoms with E-state index in [9.17, 15) is 0 Å². The molecule has 1 aliphatic rings. The molecule has 19 heavy (non-hydrogen) atoms.